The van der Waals surface area contributed by atoms with Crippen LogP contribution in [0.1, 0.15) is 18.6 Å². The molecule has 0 aromatic heterocycles. The van der Waals surface area contributed by atoms with E-state index in [2.05, 4.69) is 15.9 Å². The maximum absolute atomic E-state index is 11.7. The number of rotatable bonds is 4. The minimum atomic E-state index is -3.65. The van der Waals surface area contributed by atoms with Crippen molar-refractivity contribution in [3.05, 3.63) is 29.8 Å². The Kier molecular flexibility index (Phi) is 4.46. The van der Waals surface area contributed by atoms with Gasteiger partial charge in [-0.05, 0) is 33.6 Å². The molecule has 0 saturated heterocycles. The summed E-state index contributed by atoms with van der Waals surface area (Å²) in [5.74, 6) is -0.173. The van der Waals surface area contributed by atoms with Gasteiger partial charge in [-0.25, -0.2) is 8.42 Å². The van der Waals surface area contributed by atoms with Gasteiger partial charge in [-0.1, -0.05) is 30.7 Å². The molecule has 0 spiro atoms. The molecule has 4 nitrogen and oxygen atoms in total. The first kappa shape index (κ1) is 14.8. The zero-order valence-corrected chi connectivity index (χ0v) is 12.3. The van der Waals surface area contributed by atoms with Gasteiger partial charge in [-0.3, -0.25) is 0 Å². The number of hydrogen-bond donors (Lipinski definition) is 2. The van der Waals surface area contributed by atoms with Crippen LogP contribution in [0.5, 0.6) is 0 Å². The zero-order chi connectivity index (χ0) is 13.3. The summed E-state index contributed by atoms with van der Waals surface area (Å²) in [6.45, 7) is 1.46. The van der Waals surface area contributed by atoms with Crippen molar-refractivity contribution in [1.29, 1.82) is 0 Å². The molecule has 0 bridgehead atoms. The average molecular weight is 343 g/mol. The summed E-state index contributed by atoms with van der Waals surface area (Å²) in [5.41, 5.74) is 6.40. The number of benzene rings is 1. The first-order valence-electron chi connectivity index (χ1n) is 4.86. The smallest absolute Gasteiger partial charge is 0.229 e. The Morgan fingerprint density at radius 2 is 1.94 bits per heavy atom. The highest BCUT2D eigenvalue weighted by Gasteiger charge is 2.45. The van der Waals surface area contributed by atoms with Crippen molar-refractivity contribution in [3.8, 4) is 0 Å². The van der Waals surface area contributed by atoms with E-state index >= 15 is 0 Å². The van der Waals surface area contributed by atoms with Crippen LogP contribution >= 0.6 is 27.5 Å². The second-order valence-electron chi connectivity index (χ2n) is 3.53. The van der Waals surface area contributed by atoms with Gasteiger partial charge in [0.2, 0.25) is 3.12 Å². The summed E-state index contributed by atoms with van der Waals surface area (Å²) < 4.78 is 21.6. The predicted molar refractivity (Wildman–Crippen MR) is 72.8 cm³/mol. The lowest BCUT2D eigenvalue weighted by atomic mass is 10.1. The summed E-state index contributed by atoms with van der Waals surface area (Å²) in [4.78, 5) is 0. The van der Waals surface area contributed by atoms with E-state index in [4.69, 9.17) is 17.3 Å². The molecule has 0 aliphatic heterocycles. The molecule has 1 aromatic rings. The molecule has 17 heavy (non-hydrogen) atoms. The molecule has 0 aliphatic carbocycles. The highest BCUT2D eigenvalue weighted by molar-refractivity contribution is 9.12. The van der Waals surface area contributed by atoms with Crippen LogP contribution in [0, 0.1) is 0 Å². The minimum absolute atomic E-state index is 0.173. The van der Waals surface area contributed by atoms with E-state index in [0.29, 0.717) is 11.3 Å². The summed E-state index contributed by atoms with van der Waals surface area (Å²) in [6.07, 6.45) is -1.38. The lowest BCUT2D eigenvalue weighted by Gasteiger charge is -2.25. The highest BCUT2D eigenvalue weighted by atomic mass is 79.9. The predicted octanol–water partition coefficient (Wildman–Crippen LogP) is 2.02. The summed E-state index contributed by atoms with van der Waals surface area (Å²) >= 11 is 8.78. The molecule has 0 aliphatic rings. The molecule has 1 aromatic carbocycles. The number of anilines is 1. The van der Waals surface area contributed by atoms with E-state index in [1.165, 1.54) is 19.1 Å². The molecule has 96 valence electrons. The number of aliphatic hydroxyl groups is 1. The third kappa shape index (κ3) is 2.93. The van der Waals surface area contributed by atoms with E-state index in [1.807, 2.05) is 0 Å². The van der Waals surface area contributed by atoms with Crippen LogP contribution in [0.3, 0.4) is 0 Å². The van der Waals surface area contributed by atoms with Gasteiger partial charge >= 0.3 is 0 Å². The molecule has 0 saturated carbocycles. The van der Waals surface area contributed by atoms with Crippen LogP contribution in [-0.4, -0.2) is 22.4 Å². The fraction of sp³-hybridized carbons (Fsp3) is 0.400. The maximum Gasteiger partial charge on any atom is 0.229 e. The topological polar surface area (TPSA) is 80.4 Å². The highest BCUT2D eigenvalue weighted by Crippen LogP contribution is 2.42. The van der Waals surface area contributed by atoms with E-state index in [-0.39, 0.29) is 5.75 Å². The van der Waals surface area contributed by atoms with Gasteiger partial charge in [0.15, 0.2) is 9.84 Å². The molecular weight excluding hydrogens is 330 g/mol. The van der Waals surface area contributed by atoms with Gasteiger partial charge in [0, 0.05) is 5.69 Å². The molecule has 1 rings (SSSR count). The number of nitrogen functional groups attached to an aromatic ring is 1. The van der Waals surface area contributed by atoms with Crippen LogP contribution in [0.2, 0.25) is 0 Å². The lowest BCUT2D eigenvalue weighted by Crippen LogP contribution is -2.34. The minimum Gasteiger partial charge on any atom is -0.399 e. The lowest BCUT2D eigenvalue weighted by molar-refractivity contribution is 0.185. The third-order valence-corrected chi connectivity index (χ3v) is 7.00. The van der Waals surface area contributed by atoms with E-state index < -0.39 is 19.1 Å². The van der Waals surface area contributed by atoms with Crippen molar-refractivity contribution >= 4 is 43.1 Å². The fourth-order valence-corrected chi connectivity index (χ4v) is 3.50. The maximum atomic E-state index is 11.7. The molecule has 0 amide bonds. The van der Waals surface area contributed by atoms with E-state index in [0.717, 1.165) is 0 Å². The van der Waals surface area contributed by atoms with Crippen molar-refractivity contribution < 1.29 is 13.5 Å². The van der Waals surface area contributed by atoms with Gasteiger partial charge in [0.05, 0.1) is 5.75 Å². The Labute approximate surface area is 114 Å². The van der Waals surface area contributed by atoms with Gasteiger partial charge in [-0.2, -0.15) is 0 Å². The quantitative estimate of drug-likeness (QED) is 0.648. The summed E-state index contributed by atoms with van der Waals surface area (Å²) in [6, 6.07) is 6.20. The van der Waals surface area contributed by atoms with Gasteiger partial charge < -0.3 is 10.8 Å². The van der Waals surface area contributed by atoms with Crippen LogP contribution in [0.4, 0.5) is 5.69 Å². The molecule has 0 heterocycles. The van der Waals surface area contributed by atoms with Crippen molar-refractivity contribution in [2.24, 2.45) is 0 Å². The SMILES string of the molecule is CCS(=O)(=O)[C@@](Cl)(Br)[C@H](O)c1ccc(N)cc1. The van der Waals surface area contributed by atoms with Crippen LogP contribution in [-0.2, 0) is 9.84 Å². The average Bonchev–Trinajstić information content (AvgIpc) is 2.28. The Balaban J connectivity index is 3.12. The second-order valence-corrected chi connectivity index (χ2v) is 9.04. The van der Waals surface area contributed by atoms with Crippen molar-refractivity contribution in [3.63, 3.8) is 0 Å². The Morgan fingerprint density at radius 3 is 2.35 bits per heavy atom. The number of hydrogen-bond acceptors (Lipinski definition) is 4. The van der Waals surface area contributed by atoms with Gasteiger partial charge in [0.25, 0.3) is 0 Å². The van der Waals surface area contributed by atoms with E-state index in [9.17, 15) is 13.5 Å². The number of halogens is 2. The van der Waals surface area contributed by atoms with Crippen molar-refractivity contribution in [1.82, 2.24) is 0 Å². The largest absolute Gasteiger partial charge is 0.399 e. The Morgan fingerprint density at radius 1 is 1.47 bits per heavy atom. The number of aliphatic hydroxyl groups excluding tert-OH is 1. The molecule has 7 heteroatoms. The summed E-state index contributed by atoms with van der Waals surface area (Å²) in [7, 11) is -3.65. The fourth-order valence-electron chi connectivity index (χ4n) is 1.23. The Hall–Kier alpha value is -0.300. The van der Waals surface area contributed by atoms with Crippen LogP contribution in [0.15, 0.2) is 24.3 Å². The van der Waals surface area contributed by atoms with E-state index in [1.54, 1.807) is 12.1 Å². The first-order chi connectivity index (χ1) is 7.72. The normalized spacial score (nSPS) is 17.4. The molecule has 0 unspecified atom stereocenters. The van der Waals surface area contributed by atoms with Gasteiger partial charge in [-0.15, -0.1) is 0 Å². The molecule has 2 atom stereocenters. The van der Waals surface area contributed by atoms with Crippen molar-refractivity contribution in [2.75, 3.05) is 11.5 Å². The monoisotopic (exact) mass is 341 g/mol. The van der Waals surface area contributed by atoms with Crippen LogP contribution in [0.25, 0.3) is 0 Å². The zero-order valence-electron chi connectivity index (χ0n) is 9.10. The first-order valence-corrected chi connectivity index (χ1v) is 7.68. The van der Waals surface area contributed by atoms with Gasteiger partial charge in [0.1, 0.15) is 6.10 Å². The van der Waals surface area contributed by atoms with Crippen molar-refractivity contribution in [2.45, 2.75) is 16.1 Å². The molecule has 3 N–H and O–H groups in total. The molecule has 0 radical (unpaired) electrons. The standard InChI is InChI=1S/C10H13BrClNO3S/c1-2-17(15,16)10(11,12)9(14)7-3-5-8(13)6-4-7/h3-6,9,14H,2,13H2,1H3/t9-,10-/m1/s1. The second kappa shape index (κ2) is 5.14. The van der Waals surface area contributed by atoms with Crippen LogP contribution < -0.4 is 5.73 Å². The summed E-state index contributed by atoms with van der Waals surface area (Å²) in [5, 5.41) is 10.0. The number of nitrogens with two attached hydrogens (primary N) is 1. The third-order valence-electron chi connectivity index (χ3n) is 2.37. The number of alkyl halides is 2. The number of sulfone groups is 1. The molecule has 0 fully saturated rings. The molecular formula is C10H13BrClNO3S. The Bertz CT molecular complexity index is 487.